The molecule has 0 aliphatic rings. The van der Waals surface area contributed by atoms with Gasteiger partial charge in [0, 0.05) is 39.1 Å². The van der Waals surface area contributed by atoms with Gasteiger partial charge in [-0.3, -0.25) is 0 Å². The molecule has 0 saturated carbocycles. The number of hydrogen-bond acceptors (Lipinski definition) is 3. The van der Waals surface area contributed by atoms with Crippen LogP contribution in [0.2, 0.25) is 0 Å². The van der Waals surface area contributed by atoms with Crippen molar-refractivity contribution in [2.45, 2.75) is 6.54 Å². The Kier molecular flexibility index (Phi) is 7.10. The fraction of sp³-hybridized carbons (Fsp3) is 0.333. The van der Waals surface area contributed by atoms with E-state index in [0.717, 1.165) is 22.2 Å². The molecule has 1 aromatic heterocycles. The summed E-state index contributed by atoms with van der Waals surface area (Å²) >= 11 is 1.66. The van der Waals surface area contributed by atoms with Gasteiger partial charge in [-0.25, -0.2) is 9.98 Å². The van der Waals surface area contributed by atoms with Crippen molar-refractivity contribution in [3.05, 3.63) is 41.4 Å². The first kappa shape index (κ1) is 17.9. The summed E-state index contributed by atoms with van der Waals surface area (Å²) in [5.74, 6) is 0.944. The minimum absolute atomic E-state index is 0. The number of rotatable bonds is 3. The van der Waals surface area contributed by atoms with Crippen molar-refractivity contribution in [2.24, 2.45) is 4.99 Å². The maximum Gasteiger partial charge on any atom is 0.195 e. The third kappa shape index (κ3) is 4.96. The summed E-state index contributed by atoms with van der Waals surface area (Å²) in [6.07, 6.45) is 0. The number of guanidine groups is 1. The van der Waals surface area contributed by atoms with E-state index in [-0.39, 0.29) is 24.0 Å². The van der Waals surface area contributed by atoms with Crippen LogP contribution in [0.15, 0.2) is 40.7 Å². The Balaban J connectivity index is 0.00000220. The van der Waals surface area contributed by atoms with Gasteiger partial charge in [0.2, 0.25) is 0 Å². The minimum Gasteiger partial charge on any atom is -0.349 e. The van der Waals surface area contributed by atoms with Crippen molar-refractivity contribution < 1.29 is 0 Å². The molecule has 4 nitrogen and oxygen atoms in total. The van der Waals surface area contributed by atoms with Crippen LogP contribution in [0.1, 0.15) is 5.69 Å². The van der Waals surface area contributed by atoms with Gasteiger partial charge >= 0.3 is 0 Å². The van der Waals surface area contributed by atoms with Gasteiger partial charge in [0.25, 0.3) is 0 Å². The van der Waals surface area contributed by atoms with Gasteiger partial charge in [-0.1, -0.05) is 30.3 Å². The molecule has 2 rings (SSSR count). The predicted molar refractivity (Wildman–Crippen MR) is 101 cm³/mol. The van der Waals surface area contributed by atoms with E-state index in [1.165, 1.54) is 0 Å². The van der Waals surface area contributed by atoms with E-state index >= 15 is 0 Å². The maximum atomic E-state index is 4.65. The average Bonchev–Trinajstić information content (AvgIpc) is 2.88. The molecule has 1 aromatic carbocycles. The zero-order valence-corrected chi connectivity index (χ0v) is 15.9. The maximum absolute atomic E-state index is 4.65. The Labute approximate surface area is 147 Å². The largest absolute Gasteiger partial charge is 0.349 e. The molecular formula is C15H21IN4S. The van der Waals surface area contributed by atoms with Crippen LogP contribution in [0.5, 0.6) is 0 Å². The third-order valence-electron chi connectivity index (χ3n) is 2.75. The molecule has 0 atom stereocenters. The van der Waals surface area contributed by atoms with Crippen LogP contribution in [0, 0.1) is 0 Å². The van der Waals surface area contributed by atoms with Gasteiger partial charge in [-0.2, -0.15) is 0 Å². The molecule has 0 aliphatic carbocycles. The number of halogens is 1. The van der Waals surface area contributed by atoms with Gasteiger partial charge in [-0.15, -0.1) is 35.3 Å². The summed E-state index contributed by atoms with van der Waals surface area (Å²) in [7, 11) is 7.98. The summed E-state index contributed by atoms with van der Waals surface area (Å²) in [4.78, 5) is 13.3. The summed E-state index contributed by atoms with van der Waals surface area (Å²) < 4.78 is 0. The van der Waals surface area contributed by atoms with Crippen molar-refractivity contribution in [2.75, 3.05) is 28.2 Å². The third-order valence-corrected chi connectivity index (χ3v) is 3.70. The van der Waals surface area contributed by atoms with E-state index in [9.17, 15) is 0 Å². The number of aromatic nitrogens is 1. The summed E-state index contributed by atoms with van der Waals surface area (Å²) in [5.41, 5.74) is 2.17. The molecule has 0 aliphatic heterocycles. The first-order chi connectivity index (χ1) is 9.58. The normalized spacial score (nSPS) is 9.71. The lowest BCUT2D eigenvalue weighted by Crippen LogP contribution is -2.35. The Morgan fingerprint density at radius 2 is 1.71 bits per heavy atom. The van der Waals surface area contributed by atoms with Crippen LogP contribution < -0.4 is 0 Å². The molecule has 6 heteroatoms. The molecule has 0 spiro atoms. The molecule has 0 unspecified atom stereocenters. The van der Waals surface area contributed by atoms with Crippen molar-refractivity contribution in [1.29, 1.82) is 0 Å². The predicted octanol–water partition coefficient (Wildman–Crippen LogP) is 3.41. The van der Waals surface area contributed by atoms with E-state index in [2.05, 4.69) is 27.5 Å². The van der Waals surface area contributed by atoms with Crippen molar-refractivity contribution in [3.63, 3.8) is 0 Å². The van der Waals surface area contributed by atoms with Crippen molar-refractivity contribution in [1.82, 2.24) is 14.8 Å². The van der Waals surface area contributed by atoms with Gasteiger partial charge in [0.05, 0.1) is 12.2 Å². The number of hydrogen-bond donors (Lipinski definition) is 0. The number of thiazole rings is 1. The summed E-state index contributed by atoms with van der Waals surface area (Å²) in [6, 6.07) is 10.2. The molecule has 0 bridgehead atoms. The lowest BCUT2D eigenvalue weighted by atomic mass is 10.2. The highest BCUT2D eigenvalue weighted by atomic mass is 127. The second kappa shape index (κ2) is 8.33. The first-order valence-corrected chi connectivity index (χ1v) is 7.35. The van der Waals surface area contributed by atoms with Crippen LogP contribution in [-0.4, -0.2) is 48.9 Å². The first-order valence-electron chi connectivity index (χ1n) is 6.47. The van der Waals surface area contributed by atoms with E-state index in [0.29, 0.717) is 6.54 Å². The highest BCUT2D eigenvalue weighted by Crippen LogP contribution is 2.23. The highest BCUT2D eigenvalue weighted by molar-refractivity contribution is 14.0. The smallest absolute Gasteiger partial charge is 0.195 e. The van der Waals surface area contributed by atoms with Crippen LogP contribution in [-0.2, 0) is 6.54 Å². The minimum atomic E-state index is 0. The number of benzene rings is 1. The lowest BCUT2D eigenvalue weighted by molar-refractivity contribution is 0.479. The second-order valence-corrected chi connectivity index (χ2v) is 5.77. The fourth-order valence-electron chi connectivity index (χ4n) is 1.93. The molecular weight excluding hydrogens is 395 g/mol. The molecule has 2 aromatic rings. The molecule has 0 amide bonds. The molecule has 0 radical (unpaired) electrons. The molecule has 1 heterocycles. The Hall–Kier alpha value is -1.15. The zero-order valence-electron chi connectivity index (χ0n) is 12.8. The van der Waals surface area contributed by atoms with E-state index in [1.807, 2.05) is 56.2 Å². The summed E-state index contributed by atoms with van der Waals surface area (Å²) in [6.45, 7) is 0.606. The molecule has 21 heavy (non-hydrogen) atoms. The van der Waals surface area contributed by atoms with Crippen molar-refractivity contribution in [3.8, 4) is 10.6 Å². The van der Waals surface area contributed by atoms with Gasteiger partial charge in [0.15, 0.2) is 5.96 Å². The standard InChI is InChI=1S/C15H20N4S.HI/c1-18(2)15(19(3)4)16-10-13-11-20-14(17-13)12-8-6-5-7-9-12;/h5-9,11H,10H2,1-4H3;1H. The monoisotopic (exact) mass is 416 g/mol. The van der Waals surface area contributed by atoms with Crippen LogP contribution >= 0.6 is 35.3 Å². The van der Waals surface area contributed by atoms with Crippen LogP contribution in [0.25, 0.3) is 10.6 Å². The van der Waals surface area contributed by atoms with Crippen LogP contribution in [0.4, 0.5) is 0 Å². The Bertz CT molecular complexity index is 568. The van der Waals surface area contributed by atoms with E-state index < -0.39 is 0 Å². The van der Waals surface area contributed by atoms with Gasteiger partial charge < -0.3 is 9.80 Å². The lowest BCUT2D eigenvalue weighted by Gasteiger charge is -2.22. The Morgan fingerprint density at radius 1 is 1.10 bits per heavy atom. The van der Waals surface area contributed by atoms with E-state index in [1.54, 1.807) is 11.3 Å². The zero-order chi connectivity index (χ0) is 14.5. The summed E-state index contributed by atoms with van der Waals surface area (Å²) in [5, 5.41) is 3.13. The quantitative estimate of drug-likeness (QED) is 0.437. The second-order valence-electron chi connectivity index (χ2n) is 4.92. The average molecular weight is 416 g/mol. The molecule has 0 saturated heterocycles. The number of aliphatic imine (C=N–C) groups is 1. The Morgan fingerprint density at radius 3 is 2.29 bits per heavy atom. The SMILES string of the molecule is CN(C)C(=NCc1csc(-c2ccccc2)n1)N(C)C.I. The van der Waals surface area contributed by atoms with Crippen LogP contribution in [0.3, 0.4) is 0 Å². The van der Waals surface area contributed by atoms with Gasteiger partial charge in [0.1, 0.15) is 5.01 Å². The van der Waals surface area contributed by atoms with Crippen molar-refractivity contribution >= 4 is 41.3 Å². The number of nitrogens with zero attached hydrogens (tertiary/aromatic N) is 4. The molecule has 114 valence electrons. The highest BCUT2D eigenvalue weighted by Gasteiger charge is 2.06. The topological polar surface area (TPSA) is 31.7 Å². The van der Waals surface area contributed by atoms with E-state index in [4.69, 9.17) is 0 Å². The molecule has 0 fully saturated rings. The molecule has 0 N–H and O–H groups in total. The van der Waals surface area contributed by atoms with Gasteiger partial charge in [-0.05, 0) is 0 Å². The fourth-order valence-corrected chi connectivity index (χ4v) is 2.74.